The van der Waals surface area contributed by atoms with Crippen LogP contribution in [0.3, 0.4) is 0 Å². The van der Waals surface area contributed by atoms with E-state index in [4.69, 9.17) is 10.5 Å². The summed E-state index contributed by atoms with van der Waals surface area (Å²) in [6, 6.07) is 15.6. The first-order valence-corrected chi connectivity index (χ1v) is 8.04. The molecule has 1 amide bonds. The van der Waals surface area contributed by atoms with Gasteiger partial charge >= 0.3 is 0 Å². The zero-order chi connectivity index (χ0) is 16.2. The monoisotopic (exact) mass is 310 g/mol. The molecule has 23 heavy (non-hydrogen) atoms. The summed E-state index contributed by atoms with van der Waals surface area (Å²) in [6.45, 7) is 3.33. The fraction of sp³-hybridized carbons (Fsp3) is 0.316. The zero-order valence-corrected chi connectivity index (χ0v) is 13.4. The molecular formula is C19H22N2O2. The van der Waals surface area contributed by atoms with Crippen molar-refractivity contribution in [3.05, 3.63) is 59.7 Å². The van der Waals surface area contributed by atoms with Crippen molar-refractivity contribution in [3.8, 4) is 5.75 Å². The van der Waals surface area contributed by atoms with Crippen molar-refractivity contribution >= 4 is 11.6 Å². The molecule has 0 spiro atoms. The number of rotatable bonds is 5. The first-order valence-electron chi connectivity index (χ1n) is 8.04. The standard InChI is InChI=1S/C19H22N2O2/c1-14-9-10-16-17(13-14)23-18(15-7-3-2-4-8-15)19(22)21(16)12-6-5-11-20/h2-4,7-10,13,18H,5-6,11-12,20H2,1H3. The minimum atomic E-state index is -0.580. The lowest BCUT2D eigenvalue weighted by Gasteiger charge is -2.34. The van der Waals surface area contributed by atoms with Crippen LogP contribution >= 0.6 is 0 Å². The van der Waals surface area contributed by atoms with Crippen LogP contribution in [-0.2, 0) is 4.79 Å². The number of nitrogens with zero attached hydrogens (tertiary/aromatic N) is 1. The van der Waals surface area contributed by atoms with Crippen LogP contribution in [0, 0.1) is 6.92 Å². The number of aryl methyl sites for hydroxylation is 1. The van der Waals surface area contributed by atoms with E-state index in [2.05, 4.69) is 0 Å². The van der Waals surface area contributed by atoms with Crippen molar-refractivity contribution < 1.29 is 9.53 Å². The predicted molar refractivity (Wildman–Crippen MR) is 91.6 cm³/mol. The van der Waals surface area contributed by atoms with Crippen LogP contribution < -0.4 is 15.4 Å². The summed E-state index contributed by atoms with van der Waals surface area (Å²) < 4.78 is 6.03. The lowest BCUT2D eigenvalue weighted by atomic mass is 10.0. The highest BCUT2D eigenvalue weighted by atomic mass is 16.5. The van der Waals surface area contributed by atoms with Crippen LogP contribution in [0.4, 0.5) is 5.69 Å². The van der Waals surface area contributed by atoms with E-state index in [1.807, 2.05) is 60.4 Å². The second-order valence-corrected chi connectivity index (χ2v) is 5.87. The number of unbranched alkanes of at least 4 members (excludes halogenated alkanes) is 1. The average molecular weight is 310 g/mol. The van der Waals surface area contributed by atoms with E-state index in [9.17, 15) is 4.79 Å². The number of hydrogen-bond acceptors (Lipinski definition) is 3. The molecule has 1 aliphatic heterocycles. The van der Waals surface area contributed by atoms with Gasteiger partial charge < -0.3 is 15.4 Å². The molecule has 2 aromatic carbocycles. The van der Waals surface area contributed by atoms with E-state index in [1.54, 1.807) is 0 Å². The van der Waals surface area contributed by atoms with Gasteiger partial charge in [0.25, 0.3) is 5.91 Å². The number of carbonyl (C=O) groups excluding carboxylic acids is 1. The zero-order valence-electron chi connectivity index (χ0n) is 13.4. The Kier molecular flexibility index (Phi) is 4.63. The van der Waals surface area contributed by atoms with E-state index >= 15 is 0 Å². The Morgan fingerprint density at radius 2 is 1.91 bits per heavy atom. The molecule has 4 nitrogen and oxygen atoms in total. The Morgan fingerprint density at radius 3 is 2.65 bits per heavy atom. The molecule has 2 aromatic rings. The second-order valence-electron chi connectivity index (χ2n) is 5.87. The third-order valence-corrected chi connectivity index (χ3v) is 4.08. The fourth-order valence-corrected chi connectivity index (χ4v) is 2.86. The Morgan fingerprint density at radius 1 is 1.13 bits per heavy atom. The van der Waals surface area contributed by atoms with Crippen LogP contribution in [0.25, 0.3) is 0 Å². The van der Waals surface area contributed by atoms with Crippen molar-refractivity contribution in [2.24, 2.45) is 5.73 Å². The van der Waals surface area contributed by atoms with Gasteiger partial charge in [-0.25, -0.2) is 0 Å². The molecule has 0 saturated heterocycles. The molecule has 0 bridgehead atoms. The Bertz CT molecular complexity index is 685. The van der Waals surface area contributed by atoms with E-state index < -0.39 is 6.10 Å². The summed E-state index contributed by atoms with van der Waals surface area (Å²) in [5.41, 5.74) is 8.44. The van der Waals surface area contributed by atoms with Gasteiger partial charge in [-0.2, -0.15) is 0 Å². The minimum Gasteiger partial charge on any atom is -0.474 e. The maximum absolute atomic E-state index is 12.9. The SMILES string of the molecule is Cc1ccc2c(c1)OC(c1ccccc1)C(=O)N2CCCCN. The Balaban J connectivity index is 1.95. The molecule has 0 aliphatic carbocycles. The molecule has 0 fully saturated rings. The van der Waals surface area contributed by atoms with E-state index in [1.165, 1.54) is 0 Å². The van der Waals surface area contributed by atoms with E-state index in [0.717, 1.165) is 35.4 Å². The third kappa shape index (κ3) is 3.22. The summed E-state index contributed by atoms with van der Waals surface area (Å²) in [7, 11) is 0. The van der Waals surface area contributed by atoms with Gasteiger partial charge in [-0.3, -0.25) is 4.79 Å². The molecule has 1 atom stereocenters. The summed E-state index contributed by atoms with van der Waals surface area (Å²) in [6.07, 6.45) is 1.21. The fourth-order valence-electron chi connectivity index (χ4n) is 2.86. The van der Waals surface area contributed by atoms with Crippen molar-refractivity contribution in [1.29, 1.82) is 0 Å². The molecule has 3 rings (SSSR count). The predicted octanol–water partition coefficient (Wildman–Crippen LogP) is 3.20. The number of benzene rings is 2. The van der Waals surface area contributed by atoms with Gasteiger partial charge in [0.2, 0.25) is 6.10 Å². The average Bonchev–Trinajstić information content (AvgIpc) is 2.57. The molecule has 4 heteroatoms. The summed E-state index contributed by atoms with van der Waals surface area (Å²) in [5.74, 6) is 0.760. The van der Waals surface area contributed by atoms with Crippen molar-refractivity contribution in [2.75, 3.05) is 18.0 Å². The number of ether oxygens (including phenoxy) is 1. The molecule has 0 saturated carbocycles. The van der Waals surface area contributed by atoms with Crippen LogP contribution in [-0.4, -0.2) is 19.0 Å². The molecule has 2 N–H and O–H groups in total. The molecule has 0 radical (unpaired) electrons. The van der Waals surface area contributed by atoms with E-state index in [-0.39, 0.29) is 5.91 Å². The second kappa shape index (κ2) is 6.84. The molecule has 0 aromatic heterocycles. The van der Waals surface area contributed by atoms with Gasteiger partial charge in [0.05, 0.1) is 5.69 Å². The molecule has 1 aliphatic rings. The van der Waals surface area contributed by atoms with Gasteiger partial charge in [-0.1, -0.05) is 36.4 Å². The molecule has 1 heterocycles. The van der Waals surface area contributed by atoms with Crippen LogP contribution in [0.1, 0.15) is 30.1 Å². The van der Waals surface area contributed by atoms with Gasteiger partial charge in [-0.05, 0) is 44.0 Å². The lowest BCUT2D eigenvalue weighted by Crippen LogP contribution is -2.41. The summed E-state index contributed by atoms with van der Waals surface area (Å²) in [4.78, 5) is 14.8. The van der Waals surface area contributed by atoms with Gasteiger partial charge in [0, 0.05) is 12.1 Å². The normalized spacial score (nSPS) is 16.9. The van der Waals surface area contributed by atoms with Crippen LogP contribution in [0.15, 0.2) is 48.5 Å². The highest BCUT2D eigenvalue weighted by Gasteiger charge is 2.35. The van der Waals surface area contributed by atoms with Crippen molar-refractivity contribution in [1.82, 2.24) is 0 Å². The summed E-state index contributed by atoms with van der Waals surface area (Å²) >= 11 is 0. The third-order valence-electron chi connectivity index (χ3n) is 4.08. The minimum absolute atomic E-state index is 0.00965. The number of fused-ring (bicyclic) bond motifs is 1. The molecule has 1 unspecified atom stereocenters. The number of anilines is 1. The number of carbonyl (C=O) groups is 1. The summed E-state index contributed by atoms with van der Waals surface area (Å²) in [5, 5.41) is 0. The molecule has 120 valence electrons. The molecular weight excluding hydrogens is 288 g/mol. The largest absolute Gasteiger partial charge is 0.474 e. The number of nitrogens with two attached hydrogens (primary N) is 1. The Labute approximate surface area is 136 Å². The van der Waals surface area contributed by atoms with Gasteiger partial charge in [0.15, 0.2) is 0 Å². The number of amides is 1. The first kappa shape index (κ1) is 15.6. The highest BCUT2D eigenvalue weighted by Crippen LogP contribution is 2.39. The van der Waals surface area contributed by atoms with Crippen molar-refractivity contribution in [2.45, 2.75) is 25.9 Å². The smallest absolute Gasteiger partial charge is 0.272 e. The Hall–Kier alpha value is -2.33. The van der Waals surface area contributed by atoms with Gasteiger partial charge in [-0.15, -0.1) is 0 Å². The lowest BCUT2D eigenvalue weighted by molar-refractivity contribution is -0.126. The highest BCUT2D eigenvalue weighted by molar-refractivity contribution is 6.00. The topological polar surface area (TPSA) is 55.6 Å². The first-order chi connectivity index (χ1) is 11.2. The van der Waals surface area contributed by atoms with Crippen LogP contribution in [0.5, 0.6) is 5.75 Å². The maximum Gasteiger partial charge on any atom is 0.272 e. The van der Waals surface area contributed by atoms with Gasteiger partial charge in [0.1, 0.15) is 5.75 Å². The van der Waals surface area contributed by atoms with Crippen molar-refractivity contribution in [3.63, 3.8) is 0 Å². The maximum atomic E-state index is 12.9. The quantitative estimate of drug-likeness (QED) is 0.863. The van der Waals surface area contributed by atoms with E-state index in [0.29, 0.717) is 13.1 Å². The van der Waals surface area contributed by atoms with Crippen LogP contribution in [0.2, 0.25) is 0 Å². The number of hydrogen-bond donors (Lipinski definition) is 1.